The molecule has 0 amide bonds. The van der Waals surface area contributed by atoms with E-state index in [9.17, 15) is 5.11 Å². The first kappa shape index (κ1) is 16.5. The van der Waals surface area contributed by atoms with E-state index in [1.807, 2.05) is 36.4 Å². The number of aliphatic hydroxyl groups excluding tert-OH is 1. The van der Waals surface area contributed by atoms with Crippen molar-refractivity contribution in [2.75, 3.05) is 18.5 Å². The predicted octanol–water partition coefficient (Wildman–Crippen LogP) is 3.42. The molecule has 124 valence electrons. The van der Waals surface area contributed by atoms with Crippen LogP contribution in [0.15, 0.2) is 48.7 Å². The van der Waals surface area contributed by atoms with Crippen molar-refractivity contribution in [3.8, 4) is 5.75 Å². The highest BCUT2D eigenvalue weighted by atomic mass is 35.5. The number of fused-ring (bicyclic) bond motifs is 1. The minimum Gasteiger partial charge on any atom is -0.508 e. The zero-order chi connectivity index (χ0) is 16.9. The summed E-state index contributed by atoms with van der Waals surface area (Å²) in [6, 6.07) is 12.9. The van der Waals surface area contributed by atoms with E-state index in [1.54, 1.807) is 12.3 Å². The number of hydrogen-bond acceptors (Lipinski definition) is 5. The number of hydrogen-bond donors (Lipinski definition) is 4. The third-order valence-electron chi connectivity index (χ3n) is 3.67. The van der Waals surface area contributed by atoms with Crippen molar-refractivity contribution < 1.29 is 10.2 Å². The van der Waals surface area contributed by atoms with E-state index < -0.39 is 0 Å². The summed E-state index contributed by atoms with van der Waals surface area (Å²) in [6.07, 6.45) is 1.72. The van der Waals surface area contributed by atoms with Crippen LogP contribution in [0.3, 0.4) is 0 Å². The quantitative estimate of drug-likeness (QED) is 0.516. The molecule has 0 aliphatic rings. The Hall–Kier alpha value is -2.34. The lowest BCUT2D eigenvalue weighted by Crippen LogP contribution is -2.17. The van der Waals surface area contributed by atoms with Gasteiger partial charge in [0.15, 0.2) is 0 Å². The molecule has 3 rings (SSSR count). The molecule has 0 aliphatic heterocycles. The Morgan fingerprint density at radius 3 is 2.75 bits per heavy atom. The molecule has 24 heavy (non-hydrogen) atoms. The van der Waals surface area contributed by atoms with Gasteiger partial charge >= 0.3 is 0 Å². The molecule has 2 aromatic carbocycles. The topological polar surface area (TPSA) is 77.4 Å². The number of halogens is 1. The first-order chi connectivity index (χ1) is 11.7. The summed E-state index contributed by atoms with van der Waals surface area (Å²) in [5.74, 6) is 0.201. The third-order valence-corrected chi connectivity index (χ3v) is 3.91. The van der Waals surface area contributed by atoms with E-state index in [1.165, 1.54) is 0 Å². The van der Waals surface area contributed by atoms with Gasteiger partial charge in [-0.25, -0.2) is 0 Å². The lowest BCUT2D eigenvalue weighted by molar-refractivity contribution is 0.291. The van der Waals surface area contributed by atoms with Gasteiger partial charge in [0.2, 0.25) is 0 Å². The van der Waals surface area contributed by atoms with Gasteiger partial charge in [0.1, 0.15) is 5.75 Å². The van der Waals surface area contributed by atoms with Gasteiger partial charge in [0.25, 0.3) is 0 Å². The Labute approximate surface area is 144 Å². The molecule has 0 bridgehead atoms. The van der Waals surface area contributed by atoms with E-state index in [0.717, 1.165) is 27.8 Å². The van der Waals surface area contributed by atoms with Gasteiger partial charge in [-0.1, -0.05) is 17.7 Å². The van der Waals surface area contributed by atoms with E-state index in [4.69, 9.17) is 16.7 Å². The second-order valence-corrected chi connectivity index (χ2v) is 5.83. The summed E-state index contributed by atoms with van der Waals surface area (Å²) in [5.41, 5.74) is 3.25. The van der Waals surface area contributed by atoms with Gasteiger partial charge in [-0.15, -0.1) is 0 Å². The van der Waals surface area contributed by atoms with Crippen molar-refractivity contribution in [3.63, 3.8) is 0 Å². The summed E-state index contributed by atoms with van der Waals surface area (Å²) in [7, 11) is 0. The molecular weight excluding hydrogens is 326 g/mol. The largest absolute Gasteiger partial charge is 0.508 e. The molecule has 5 nitrogen and oxygen atoms in total. The summed E-state index contributed by atoms with van der Waals surface area (Å²) in [5, 5.41) is 26.9. The van der Waals surface area contributed by atoms with Gasteiger partial charge in [-0.05, 0) is 30.3 Å². The molecule has 0 aliphatic carbocycles. The number of aromatic hydroxyl groups is 1. The van der Waals surface area contributed by atoms with Crippen molar-refractivity contribution in [3.05, 3.63) is 59.2 Å². The Morgan fingerprint density at radius 1 is 1.08 bits per heavy atom. The number of phenolic OH excluding ortho intramolecular Hbond substituents is 1. The molecule has 4 N–H and O–H groups in total. The Balaban J connectivity index is 1.82. The number of phenols is 1. The van der Waals surface area contributed by atoms with E-state index >= 15 is 0 Å². The van der Waals surface area contributed by atoms with Crippen LogP contribution >= 0.6 is 11.6 Å². The molecular formula is C18H18ClN3O2. The van der Waals surface area contributed by atoms with Gasteiger partial charge in [-0.3, -0.25) is 4.98 Å². The summed E-state index contributed by atoms with van der Waals surface area (Å²) in [4.78, 5) is 4.32. The number of aliphatic hydroxyl groups is 1. The van der Waals surface area contributed by atoms with Crippen molar-refractivity contribution >= 4 is 33.9 Å². The van der Waals surface area contributed by atoms with Crippen LogP contribution in [0, 0.1) is 0 Å². The number of nitrogens with one attached hydrogen (secondary N) is 2. The fourth-order valence-electron chi connectivity index (χ4n) is 2.48. The van der Waals surface area contributed by atoms with E-state index in [0.29, 0.717) is 18.1 Å². The highest BCUT2D eigenvalue weighted by Crippen LogP contribution is 2.29. The fraction of sp³-hybridized carbons (Fsp3) is 0.167. The summed E-state index contributed by atoms with van der Waals surface area (Å²) >= 11 is 6.01. The molecule has 0 radical (unpaired) electrons. The first-order valence-electron chi connectivity index (χ1n) is 7.62. The maximum absolute atomic E-state index is 10.1. The number of aromatic nitrogens is 1. The van der Waals surface area contributed by atoms with Crippen molar-refractivity contribution in [1.82, 2.24) is 10.3 Å². The third kappa shape index (κ3) is 3.76. The number of benzene rings is 2. The molecule has 1 heterocycles. The van der Waals surface area contributed by atoms with Gasteiger partial charge < -0.3 is 20.8 Å². The van der Waals surface area contributed by atoms with Crippen LogP contribution in [0.25, 0.3) is 10.9 Å². The highest BCUT2D eigenvalue weighted by Gasteiger charge is 2.06. The second kappa shape index (κ2) is 7.49. The molecule has 0 saturated heterocycles. The zero-order valence-corrected chi connectivity index (χ0v) is 13.7. The van der Waals surface area contributed by atoms with Crippen molar-refractivity contribution in [1.29, 1.82) is 0 Å². The first-order valence-corrected chi connectivity index (χ1v) is 8.00. The van der Waals surface area contributed by atoms with Gasteiger partial charge in [0, 0.05) is 52.7 Å². The number of nitrogens with zero attached hydrogens (tertiary/aromatic N) is 1. The summed E-state index contributed by atoms with van der Waals surface area (Å²) in [6.45, 7) is 1.06. The van der Waals surface area contributed by atoms with Gasteiger partial charge in [-0.2, -0.15) is 0 Å². The number of rotatable bonds is 6. The fourth-order valence-corrected chi connectivity index (χ4v) is 2.65. The second-order valence-electron chi connectivity index (χ2n) is 5.39. The minimum absolute atomic E-state index is 0.0690. The highest BCUT2D eigenvalue weighted by molar-refractivity contribution is 6.31. The average Bonchev–Trinajstić information content (AvgIpc) is 2.57. The van der Waals surface area contributed by atoms with Gasteiger partial charge in [0.05, 0.1) is 12.1 Å². The van der Waals surface area contributed by atoms with Crippen LogP contribution in [0.1, 0.15) is 5.56 Å². The zero-order valence-electron chi connectivity index (χ0n) is 13.0. The average molecular weight is 344 g/mol. The van der Waals surface area contributed by atoms with Crippen LogP contribution < -0.4 is 10.6 Å². The maximum Gasteiger partial charge on any atom is 0.122 e. The Bertz CT molecular complexity index is 855. The molecule has 0 spiro atoms. The molecule has 3 aromatic rings. The van der Waals surface area contributed by atoms with Crippen molar-refractivity contribution in [2.45, 2.75) is 6.54 Å². The Kier molecular flexibility index (Phi) is 5.15. The standard InChI is InChI=1S/C18H18ClN3O2/c19-13-2-4-15-16(5-6-21-17(15)9-13)22-14-3-1-12(18(24)10-14)11-20-7-8-23/h1-6,9-10,20,23-24H,7-8,11H2,(H,21,22). The van der Waals surface area contributed by atoms with E-state index in [-0.39, 0.29) is 12.4 Å². The normalized spacial score (nSPS) is 10.9. The molecule has 0 unspecified atom stereocenters. The lowest BCUT2D eigenvalue weighted by atomic mass is 10.1. The molecule has 0 atom stereocenters. The van der Waals surface area contributed by atoms with Crippen LogP contribution in [0.4, 0.5) is 11.4 Å². The van der Waals surface area contributed by atoms with Crippen LogP contribution in [0.5, 0.6) is 5.75 Å². The minimum atomic E-state index is 0.0690. The molecule has 6 heteroatoms. The van der Waals surface area contributed by atoms with Crippen LogP contribution in [-0.4, -0.2) is 28.3 Å². The summed E-state index contributed by atoms with van der Waals surface area (Å²) < 4.78 is 0. The SMILES string of the molecule is OCCNCc1ccc(Nc2ccnc3cc(Cl)ccc23)cc1O. The number of anilines is 2. The monoisotopic (exact) mass is 343 g/mol. The smallest absolute Gasteiger partial charge is 0.122 e. The molecule has 1 aromatic heterocycles. The lowest BCUT2D eigenvalue weighted by Gasteiger charge is -2.12. The molecule has 0 fully saturated rings. The molecule has 0 saturated carbocycles. The Morgan fingerprint density at radius 2 is 1.96 bits per heavy atom. The van der Waals surface area contributed by atoms with Crippen LogP contribution in [-0.2, 0) is 6.54 Å². The number of pyridine rings is 1. The van der Waals surface area contributed by atoms with Crippen molar-refractivity contribution in [2.24, 2.45) is 0 Å². The predicted molar refractivity (Wildman–Crippen MR) is 96.9 cm³/mol. The van der Waals surface area contributed by atoms with Crippen LogP contribution in [0.2, 0.25) is 5.02 Å². The maximum atomic E-state index is 10.1. The van der Waals surface area contributed by atoms with E-state index in [2.05, 4.69) is 15.6 Å².